The Morgan fingerprint density at radius 3 is 0.854 bits per heavy atom. The first kappa shape index (κ1) is 87.1. The van der Waals surface area contributed by atoms with Gasteiger partial charge in [-0.05, 0) is 37.5 Å². The van der Waals surface area contributed by atoms with E-state index in [-0.39, 0.29) is 25.7 Å². The number of phosphoric acid groups is 2. The predicted octanol–water partition coefficient (Wildman–Crippen LogP) is 20.0. The lowest BCUT2D eigenvalue weighted by molar-refractivity contribution is -0.161. The van der Waals surface area contributed by atoms with E-state index in [2.05, 4.69) is 41.5 Å². The Kier molecular flexibility index (Phi) is 60.8. The number of phosphoric ester groups is 2. The van der Waals surface area contributed by atoms with Gasteiger partial charge in [0.2, 0.25) is 0 Å². The Bertz CT molecular complexity index is 1740. The molecule has 0 aliphatic rings. The summed E-state index contributed by atoms with van der Waals surface area (Å²) in [5, 5.41) is 10.6. The molecule has 17 nitrogen and oxygen atoms in total. The van der Waals surface area contributed by atoms with Crippen molar-refractivity contribution >= 4 is 39.5 Å². The molecule has 0 spiro atoms. The molecule has 89 heavy (non-hydrogen) atoms. The fraction of sp³-hybridized carbons (Fsp3) is 0.943. The second-order valence-electron chi connectivity index (χ2n) is 26.0. The summed E-state index contributed by atoms with van der Waals surface area (Å²) in [6.07, 6.45) is 47.7. The van der Waals surface area contributed by atoms with E-state index in [1.54, 1.807) is 0 Å². The molecule has 6 atom stereocenters. The molecule has 0 saturated heterocycles. The zero-order chi connectivity index (χ0) is 65.7. The highest BCUT2D eigenvalue weighted by Crippen LogP contribution is 2.45. The number of carbonyl (C=O) groups excluding carboxylic acids is 4. The second-order valence-corrected chi connectivity index (χ2v) is 28.9. The van der Waals surface area contributed by atoms with Crippen LogP contribution in [0.2, 0.25) is 0 Å². The summed E-state index contributed by atoms with van der Waals surface area (Å²) in [6, 6.07) is 0. The molecular weight excluding hydrogens is 1170 g/mol. The van der Waals surface area contributed by atoms with Crippen LogP contribution in [0.25, 0.3) is 0 Å². The third-order valence-corrected chi connectivity index (χ3v) is 18.5. The Hall–Kier alpha value is -1.94. The lowest BCUT2D eigenvalue weighted by Gasteiger charge is -2.21. The van der Waals surface area contributed by atoms with Crippen LogP contribution in [0, 0.1) is 11.8 Å². The van der Waals surface area contributed by atoms with Gasteiger partial charge in [-0.25, -0.2) is 9.13 Å². The zero-order valence-electron chi connectivity index (χ0n) is 57.7. The van der Waals surface area contributed by atoms with Crippen molar-refractivity contribution < 1.29 is 80.2 Å². The number of aliphatic hydroxyl groups excluding tert-OH is 1. The van der Waals surface area contributed by atoms with Crippen LogP contribution in [0.4, 0.5) is 0 Å². The predicted molar refractivity (Wildman–Crippen MR) is 358 cm³/mol. The summed E-state index contributed by atoms with van der Waals surface area (Å²) in [5.74, 6) is -0.626. The van der Waals surface area contributed by atoms with Crippen molar-refractivity contribution in [3.63, 3.8) is 0 Å². The number of carbonyl (C=O) groups is 4. The maximum Gasteiger partial charge on any atom is 0.472 e. The molecule has 0 rings (SSSR count). The van der Waals surface area contributed by atoms with E-state index in [1.165, 1.54) is 167 Å². The van der Waals surface area contributed by atoms with Crippen LogP contribution in [0.15, 0.2) is 0 Å². The van der Waals surface area contributed by atoms with Crippen molar-refractivity contribution in [2.75, 3.05) is 39.6 Å². The fourth-order valence-corrected chi connectivity index (χ4v) is 12.1. The largest absolute Gasteiger partial charge is 0.472 e. The van der Waals surface area contributed by atoms with E-state index < -0.39 is 97.5 Å². The van der Waals surface area contributed by atoms with Crippen molar-refractivity contribution in [2.24, 2.45) is 11.8 Å². The van der Waals surface area contributed by atoms with Crippen molar-refractivity contribution in [1.82, 2.24) is 0 Å². The van der Waals surface area contributed by atoms with Gasteiger partial charge in [-0.3, -0.25) is 37.3 Å². The van der Waals surface area contributed by atoms with Crippen LogP contribution in [0.5, 0.6) is 0 Å². The van der Waals surface area contributed by atoms with Gasteiger partial charge in [0.25, 0.3) is 0 Å². The van der Waals surface area contributed by atoms with Gasteiger partial charge in [0.15, 0.2) is 12.2 Å². The monoisotopic (exact) mass is 1310 g/mol. The molecule has 0 aromatic carbocycles. The van der Waals surface area contributed by atoms with Crippen LogP contribution in [0.1, 0.15) is 356 Å². The summed E-state index contributed by atoms with van der Waals surface area (Å²) in [5.41, 5.74) is 0. The number of aliphatic hydroxyl groups is 1. The van der Waals surface area contributed by atoms with E-state index in [1.807, 2.05) is 0 Å². The quantitative estimate of drug-likeness (QED) is 0.0222. The van der Waals surface area contributed by atoms with Crippen molar-refractivity contribution in [1.29, 1.82) is 0 Å². The molecule has 0 bridgehead atoms. The molecule has 3 unspecified atom stereocenters. The van der Waals surface area contributed by atoms with Crippen LogP contribution in [-0.2, 0) is 65.4 Å². The van der Waals surface area contributed by atoms with Gasteiger partial charge in [-0.2, -0.15) is 0 Å². The lowest BCUT2D eigenvalue weighted by atomic mass is 10.00. The Morgan fingerprint density at radius 1 is 0.326 bits per heavy atom. The number of hydrogen-bond acceptors (Lipinski definition) is 15. The van der Waals surface area contributed by atoms with Gasteiger partial charge in [0, 0.05) is 25.7 Å². The fourth-order valence-electron chi connectivity index (χ4n) is 10.6. The molecule has 3 N–H and O–H groups in total. The molecule has 0 radical (unpaired) electrons. The Morgan fingerprint density at radius 2 is 0.573 bits per heavy atom. The van der Waals surface area contributed by atoms with Gasteiger partial charge in [-0.1, -0.05) is 305 Å². The number of esters is 4. The summed E-state index contributed by atoms with van der Waals surface area (Å²) in [7, 11) is -9.89. The van der Waals surface area contributed by atoms with Gasteiger partial charge in [0.05, 0.1) is 26.4 Å². The van der Waals surface area contributed by atoms with Crippen molar-refractivity contribution in [3.05, 3.63) is 0 Å². The molecule has 0 heterocycles. The molecule has 0 aliphatic carbocycles. The first-order valence-corrected chi connectivity index (χ1v) is 39.5. The zero-order valence-corrected chi connectivity index (χ0v) is 59.5. The minimum Gasteiger partial charge on any atom is -0.462 e. The summed E-state index contributed by atoms with van der Waals surface area (Å²) < 4.78 is 68.0. The minimum absolute atomic E-state index is 0.102. The second kappa shape index (κ2) is 62.2. The highest BCUT2D eigenvalue weighted by molar-refractivity contribution is 7.47. The van der Waals surface area contributed by atoms with E-state index in [4.69, 9.17) is 37.0 Å². The smallest absolute Gasteiger partial charge is 0.462 e. The highest BCUT2D eigenvalue weighted by atomic mass is 31.2. The van der Waals surface area contributed by atoms with Gasteiger partial charge < -0.3 is 33.8 Å². The van der Waals surface area contributed by atoms with Crippen LogP contribution in [0.3, 0.4) is 0 Å². The summed E-state index contributed by atoms with van der Waals surface area (Å²) in [4.78, 5) is 72.2. The molecular formula is C70H136O17P2. The van der Waals surface area contributed by atoms with Gasteiger partial charge in [-0.15, -0.1) is 0 Å². The Balaban J connectivity index is 5.15. The average Bonchev–Trinajstić information content (AvgIpc) is 3.72. The summed E-state index contributed by atoms with van der Waals surface area (Å²) >= 11 is 0. The standard InChI is InChI=1S/C70H136O17P2/c1-7-10-12-14-15-16-17-18-19-20-21-22-25-29-32-35-42-48-54-69(74)86-66(59-81-68(73)53-47-41-34-31-28-26-23-24-27-30-33-39-44-50-62(4)5)61-85-89(78,79)83-57-64(71)56-82-88(76,77)84-60-65(58-80-67(72)52-46-38-13-11-8-2)87-70(75)55-49-43-37-36-40-45-51-63(6)9-3/h62-66,71H,7-61H2,1-6H3,(H,76,77)(H,78,79)/t63?,64-,65+,66+/m0/s1. The molecule has 0 fully saturated rings. The van der Waals surface area contributed by atoms with Gasteiger partial charge in [0.1, 0.15) is 19.3 Å². The third-order valence-electron chi connectivity index (χ3n) is 16.6. The number of ether oxygens (including phenoxy) is 4. The van der Waals surface area contributed by atoms with E-state index >= 15 is 0 Å². The summed E-state index contributed by atoms with van der Waals surface area (Å²) in [6.45, 7) is 9.43. The minimum atomic E-state index is -4.95. The molecule has 19 heteroatoms. The molecule has 0 amide bonds. The average molecular weight is 1310 g/mol. The maximum atomic E-state index is 13.0. The number of hydrogen-bond donors (Lipinski definition) is 3. The molecule has 528 valence electrons. The van der Waals surface area contributed by atoms with Crippen LogP contribution < -0.4 is 0 Å². The van der Waals surface area contributed by atoms with Crippen molar-refractivity contribution in [3.8, 4) is 0 Å². The first-order chi connectivity index (χ1) is 42.9. The highest BCUT2D eigenvalue weighted by Gasteiger charge is 2.30. The topological polar surface area (TPSA) is 237 Å². The molecule has 0 aromatic rings. The lowest BCUT2D eigenvalue weighted by Crippen LogP contribution is -2.30. The van der Waals surface area contributed by atoms with E-state index in [0.717, 1.165) is 108 Å². The SMILES string of the molecule is CCCCCCCCCCCCCCCCCCCCC(=O)O[C@H](COC(=O)CCCCCCCCCCCCCCCC(C)C)COP(=O)(O)OC[C@@H](O)COP(=O)(O)OC[C@@H](COC(=O)CCCCCCC)OC(=O)CCCCCCCCC(C)CC. The first-order valence-electron chi connectivity index (χ1n) is 36.5. The molecule has 0 aliphatic heterocycles. The normalized spacial score (nSPS) is 14.4. The van der Waals surface area contributed by atoms with Gasteiger partial charge >= 0.3 is 39.5 Å². The number of rotatable bonds is 69. The Labute approximate surface area is 543 Å². The molecule has 0 saturated carbocycles. The van der Waals surface area contributed by atoms with Crippen molar-refractivity contribution in [2.45, 2.75) is 374 Å². The number of unbranched alkanes of at least 4 members (excludes halogenated alkanes) is 38. The van der Waals surface area contributed by atoms with Crippen LogP contribution in [-0.4, -0.2) is 96.7 Å². The molecule has 0 aromatic heterocycles. The van der Waals surface area contributed by atoms with E-state index in [0.29, 0.717) is 25.7 Å². The van der Waals surface area contributed by atoms with Crippen LogP contribution >= 0.6 is 15.6 Å². The third kappa shape index (κ3) is 63.2. The van der Waals surface area contributed by atoms with E-state index in [9.17, 15) is 43.2 Å². The maximum absolute atomic E-state index is 13.0.